The van der Waals surface area contributed by atoms with Crippen LogP contribution in [-0.2, 0) is 4.79 Å². The molecule has 0 fully saturated rings. The van der Waals surface area contributed by atoms with Crippen LogP contribution in [0.5, 0.6) is 0 Å². The maximum Gasteiger partial charge on any atom is 0.241 e. The summed E-state index contributed by atoms with van der Waals surface area (Å²) < 4.78 is 0. The molecule has 0 saturated carbocycles. The fraction of sp³-hybridized carbons (Fsp3) is 0.429. The molecule has 0 aliphatic carbocycles. The Labute approximate surface area is 108 Å². The first-order valence-corrected chi connectivity index (χ1v) is 5.94. The molecule has 0 atom stereocenters. The molecule has 1 aromatic carbocycles. The Morgan fingerprint density at radius 2 is 2.00 bits per heavy atom. The number of para-hydroxylation sites is 1. The third-order valence-corrected chi connectivity index (χ3v) is 2.88. The van der Waals surface area contributed by atoms with Gasteiger partial charge < -0.3 is 9.80 Å². The average molecular weight is 245 g/mol. The van der Waals surface area contributed by atoms with E-state index in [0.29, 0.717) is 19.5 Å². The first kappa shape index (κ1) is 14.0. The van der Waals surface area contributed by atoms with Gasteiger partial charge in [-0.1, -0.05) is 18.2 Å². The minimum atomic E-state index is 0.0241. The maximum atomic E-state index is 11.9. The first-order valence-electron chi connectivity index (χ1n) is 5.94. The van der Waals surface area contributed by atoms with Crippen molar-refractivity contribution in [2.75, 3.05) is 32.1 Å². The van der Waals surface area contributed by atoms with Crippen LogP contribution >= 0.6 is 0 Å². The molecule has 0 radical (unpaired) electrons. The number of amides is 1. The molecule has 96 valence electrons. The molecular formula is C14H19N3O. The Kier molecular flexibility index (Phi) is 5.19. The lowest BCUT2D eigenvalue weighted by Crippen LogP contribution is -2.37. The van der Waals surface area contributed by atoms with Crippen LogP contribution in [0.1, 0.15) is 12.0 Å². The van der Waals surface area contributed by atoms with Gasteiger partial charge in [-0.2, -0.15) is 5.26 Å². The van der Waals surface area contributed by atoms with Crippen molar-refractivity contribution in [2.45, 2.75) is 13.3 Å². The van der Waals surface area contributed by atoms with Gasteiger partial charge in [0, 0.05) is 26.3 Å². The standard InChI is InChI=1S/C14H19N3O/c1-12-7-4-5-8-13(12)17(3)11-14(18)16(2)10-6-9-15/h4-5,7-8H,6,10-11H2,1-3H3. The highest BCUT2D eigenvalue weighted by Gasteiger charge is 2.12. The van der Waals surface area contributed by atoms with Crippen LogP contribution in [0.25, 0.3) is 0 Å². The van der Waals surface area contributed by atoms with Crippen LogP contribution in [0.2, 0.25) is 0 Å². The monoisotopic (exact) mass is 245 g/mol. The van der Waals surface area contributed by atoms with Crippen LogP contribution in [0.15, 0.2) is 24.3 Å². The smallest absolute Gasteiger partial charge is 0.241 e. The van der Waals surface area contributed by atoms with Crippen molar-refractivity contribution >= 4 is 11.6 Å². The van der Waals surface area contributed by atoms with Crippen molar-refractivity contribution in [3.05, 3.63) is 29.8 Å². The number of hydrogen-bond acceptors (Lipinski definition) is 3. The van der Waals surface area contributed by atoms with E-state index in [-0.39, 0.29) is 5.91 Å². The minimum Gasteiger partial charge on any atom is -0.365 e. The van der Waals surface area contributed by atoms with Gasteiger partial charge >= 0.3 is 0 Å². The summed E-state index contributed by atoms with van der Waals surface area (Å²) in [7, 11) is 3.63. The van der Waals surface area contributed by atoms with Crippen LogP contribution in [0, 0.1) is 18.3 Å². The molecule has 0 heterocycles. The molecule has 0 aliphatic rings. The van der Waals surface area contributed by atoms with Gasteiger partial charge in [0.05, 0.1) is 19.0 Å². The van der Waals surface area contributed by atoms with E-state index in [2.05, 4.69) is 0 Å². The van der Waals surface area contributed by atoms with Crippen molar-refractivity contribution in [1.82, 2.24) is 4.90 Å². The van der Waals surface area contributed by atoms with Crippen molar-refractivity contribution in [3.63, 3.8) is 0 Å². The molecule has 1 amide bonds. The summed E-state index contributed by atoms with van der Waals surface area (Å²) in [5.41, 5.74) is 2.20. The van der Waals surface area contributed by atoms with Crippen LogP contribution in [-0.4, -0.2) is 38.0 Å². The number of carbonyl (C=O) groups is 1. The number of anilines is 1. The van der Waals surface area contributed by atoms with E-state index in [1.54, 1.807) is 11.9 Å². The number of rotatable bonds is 5. The number of benzene rings is 1. The van der Waals surface area contributed by atoms with E-state index in [1.165, 1.54) is 0 Å². The fourth-order valence-corrected chi connectivity index (χ4v) is 1.74. The molecule has 4 heteroatoms. The summed E-state index contributed by atoms with van der Waals surface area (Å²) in [5.74, 6) is 0.0241. The number of carbonyl (C=O) groups excluding carboxylic acids is 1. The molecule has 1 aromatic rings. The molecule has 0 aliphatic heterocycles. The fourth-order valence-electron chi connectivity index (χ4n) is 1.74. The molecule has 0 bridgehead atoms. The summed E-state index contributed by atoms with van der Waals surface area (Å²) in [6, 6.07) is 10.0. The van der Waals surface area contributed by atoms with Crippen LogP contribution in [0.3, 0.4) is 0 Å². The van der Waals surface area contributed by atoms with Crippen molar-refractivity contribution in [3.8, 4) is 6.07 Å². The Morgan fingerprint density at radius 1 is 1.33 bits per heavy atom. The molecular weight excluding hydrogens is 226 g/mol. The lowest BCUT2D eigenvalue weighted by Gasteiger charge is -2.24. The largest absolute Gasteiger partial charge is 0.365 e. The average Bonchev–Trinajstić information content (AvgIpc) is 2.36. The van der Waals surface area contributed by atoms with Gasteiger partial charge in [-0.3, -0.25) is 4.79 Å². The van der Waals surface area contributed by atoms with Gasteiger partial charge in [0.15, 0.2) is 0 Å². The Hall–Kier alpha value is -2.02. The predicted octanol–water partition coefficient (Wildman–Crippen LogP) is 1.80. The molecule has 18 heavy (non-hydrogen) atoms. The van der Waals surface area contributed by atoms with Gasteiger partial charge in [-0.15, -0.1) is 0 Å². The summed E-state index contributed by atoms with van der Waals surface area (Å²) >= 11 is 0. The van der Waals surface area contributed by atoms with Crippen LogP contribution < -0.4 is 4.90 Å². The topological polar surface area (TPSA) is 47.3 Å². The Bertz CT molecular complexity index is 451. The van der Waals surface area contributed by atoms with E-state index in [4.69, 9.17) is 5.26 Å². The second kappa shape index (κ2) is 6.65. The quantitative estimate of drug-likeness (QED) is 0.794. The molecule has 0 unspecified atom stereocenters. The number of nitrogens with zero attached hydrogens (tertiary/aromatic N) is 3. The normalized spacial score (nSPS) is 9.67. The third kappa shape index (κ3) is 3.77. The van der Waals surface area contributed by atoms with Gasteiger partial charge in [-0.25, -0.2) is 0 Å². The molecule has 0 N–H and O–H groups in total. The maximum absolute atomic E-state index is 11.9. The Morgan fingerprint density at radius 3 is 2.61 bits per heavy atom. The summed E-state index contributed by atoms with van der Waals surface area (Å²) in [6.45, 7) is 2.83. The van der Waals surface area contributed by atoms with Crippen molar-refractivity contribution in [1.29, 1.82) is 5.26 Å². The lowest BCUT2D eigenvalue weighted by atomic mass is 10.2. The van der Waals surface area contributed by atoms with Gasteiger partial charge in [-0.05, 0) is 18.6 Å². The predicted molar refractivity (Wildman–Crippen MR) is 72.3 cm³/mol. The van der Waals surface area contributed by atoms with E-state index < -0.39 is 0 Å². The highest BCUT2D eigenvalue weighted by atomic mass is 16.2. The van der Waals surface area contributed by atoms with Gasteiger partial charge in [0.25, 0.3) is 0 Å². The zero-order valence-corrected chi connectivity index (χ0v) is 11.2. The Balaban J connectivity index is 2.60. The molecule has 0 saturated heterocycles. The highest BCUT2D eigenvalue weighted by molar-refractivity contribution is 5.81. The molecule has 0 spiro atoms. The van der Waals surface area contributed by atoms with Crippen molar-refractivity contribution in [2.24, 2.45) is 0 Å². The molecule has 1 rings (SSSR count). The summed E-state index contributed by atoms with van der Waals surface area (Å²) in [4.78, 5) is 15.4. The zero-order chi connectivity index (χ0) is 13.5. The van der Waals surface area contributed by atoms with E-state index in [0.717, 1.165) is 11.3 Å². The molecule has 4 nitrogen and oxygen atoms in total. The second-order valence-corrected chi connectivity index (χ2v) is 4.37. The highest BCUT2D eigenvalue weighted by Crippen LogP contribution is 2.17. The third-order valence-electron chi connectivity index (χ3n) is 2.88. The SMILES string of the molecule is Cc1ccccc1N(C)CC(=O)N(C)CCC#N. The number of hydrogen-bond donors (Lipinski definition) is 0. The van der Waals surface area contributed by atoms with Gasteiger partial charge in [0.2, 0.25) is 5.91 Å². The van der Waals surface area contributed by atoms with E-state index in [9.17, 15) is 4.79 Å². The summed E-state index contributed by atoms with van der Waals surface area (Å²) in [6.07, 6.45) is 0.371. The lowest BCUT2D eigenvalue weighted by molar-refractivity contribution is -0.128. The zero-order valence-electron chi connectivity index (χ0n) is 11.2. The number of likely N-dealkylation sites (N-methyl/N-ethyl adjacent to an activating group) is 2. The number of aryl methyl sites for hydroxylation is 1. The summed E-state index contributed by atoms with van der Waals surface area (Å²) in [5, 5.41) is 8.49. The molecule has 0 aromatic heterocycles. The van der Waals surface area contributed by atoms with Gasteiger partial charge in [0.1, 0.15) is 0 Å². The van der Waals surface area contributed by atoms with E-state index in [1.807, 2.05) is 49.2 Å². The number of nitriles is 1. The van der Waals surface area contributed by atoms with Crippen LogP contribution in [0.4, 0.5) is 5.69 Å². The van der Waals surface area contributed by atoms with Crippen molar-refractivity contribution < 1.29 is 4.79 Å². The first-order chi connectivity index (χ1) is 8.56. The second-order valence-electron chi connectivity index (χ2n) is 4.37. The minimum absolute atomic E-state index is 0.0241. The van der Waals surface area contributed by atoms with E-state index >= 15 is 0 Å².